The summed E-state index contributed by atoms with van der Waals surface area (Å²) in [6.07, 6.45) is -0.548. The Hall–Kier alpha value is -10.7. The third kappa shape index (κ3) is 32.1. The van der Waals surface area contributed by atoms with Gasteiger partial charge < -0.3 is 122 Å². The van der Waals surface area contributed by atoms with Gasteiger partial charge in [0.2, 0.25) is 106 Å². The number of rotatable bonds is 17. The molecule has 4 aliphatic heterocycles. The number of nitrogens with two attached hydrogens (primary N) is 1. The Morgan fingerprint density at radius 3 is 1.59 bits per heavy atom. The van der Waals surface area contributed by atoms with Gasteiger partial charge in [0.05, 0.1) is 36.7 Å². The van der Waals surface area contributed by atoms with Gasteiger partial charge in [0.15, 0.2) is 0 Å². The lowest BCUT2D eigenvalue weighted by Gasteiger charge is -2.32. The van der Waals surface area contributed by atoms with Gasteiger partial charge in [-0.05, 0) is 74.3 Å². The maximum Gasteiger partial charge on any atom is 0.327 e. The third-order valence-electron chi connectivity index (χ3n) is 21.8. The summed E-state index contributed by atoms with van der Waals surface area (Å²) in [5.74, 6) is -30.3. The quantitative estimate of drug-likeness (QED) is 0.0655. The number of aliphatic hydroxyl groups excluding tert-OH is 1. The summed E-state index contributed by atoms with van der Waals surface area (Å²) >= 11 is 2.12. The number of aromatic amines is 1. The van der Waals surface area contributed by atoms with Crippen molar-refractivity contribution in [1.29, 1.82) is 0 Å². The smallest absolute Gasteiger partial charge is 0.327 e. The number of carbonyl (C=O) groups excluding carboxylic acids is 18. The largest absolute Gasteiger partial charge is 0.481 e. The van der Waals surface area contributed by atoms with E-state index in [0.29, 0.717) is 40.0 Å². The van der Waals surface area contributed by atoms with Gasteiger partial charge in [0.25, 0.3) is 0 Å². The van der Waals surface area contributed by atoms with E-state index in [1.807, 2.05) is 0 Å². The van der Waals surface area contributed by atoms with Crippen molar-refractivity contribution in [2.24, 2.45) is 35.3 Å². The summed E-state index contributed by atoms with van der Waals surface area (Å²) in [5, 5.41) is 72.4. The van der Waals surface area contributed by atoms with Gasteiger partial charge in [-0.1, -0.05) is 108 Å². The first-order valence-electron chi connectivity index (χ1n) is 42.6. The Bertz CT molecular complexity index is 4460. The van der Waals surface area contributed by atoms with Crippen LogP contribution in [0.4, 0.5) is 0 Å². The van der Waals surface area contributed by atoms with Gasteiger partial charge in [-0.15, -0.1) is 0 Å². The van der Waals surface area contributed by atoms with Crippen molar-refractivity contribution in [3.63, 3.8) is 0 Å². The minimum atomic E-state index is -2.60. The number of para-hydroxylation sites is 1. The standard InChI is InChI=1S/C81H124N20O24S4/c1-15-38(10)61-77(119)88-47(20-21-58(105)106)69(111)92-53-31-127-40(12)62(101-74(116)52-30-126-29-45(82)66(108)91-51(28-102)67(109)84-26-56(103)87-50(72(114)98-59(36(6)7)75(117)93-52)24-43-25-83-46-19-17-16-18-44(43)46)78(120)89-49(23-35(4)5)71(113)100-63(79(121)99-61)41(13)128-32-54-73(115)86-39(11)65(107)95-55(81(123)124)33-129(125)42(14)64(96-57(104)27-85-68(53)110)80(122)90-48(22-34(2)3)70(112)97-60(37(8)9)76(118)94-54/h16-19,25,34-42,45,47-55,59-64,83,102H,15,20-24,26-33,82H2,1-14H3,(H,84,109)(H,85,110)(H,86,115)(H,87,103)(H,88,119)(H,89,120)(H,90,122)(H,91,108)(H,92,111)(H,93,117)(H,94,118)(H,95,107)(H,96,104)(H,97,112)(H,98,114)(H,99,121)(H,100,113)(H,101,116)(H,105,106)(H,123,124)/t38?,39-,40-,41-,42-,45+,47-,48-,49?,50?,51-,52-,53+,54-,55?,59-,60-,61-,62-,63+,64-,129?/m0/s1. The molecule has 6 rings (SSSR count). The number of aromatic nitrogens is 1. The zero-order chi connectivity index (χ0) is 96.3. The highest BCUT2D eigenvalue weighted by atomic mass is 32.2. The fourth-order valence-electron chi connectivity index (χ4n) is 13.9. The maximum absolute atomic E-state index is 15.9. The van der Waals surface area contributed by atoms with Crippen LogP contribution in [0.2, 0.25) is 0 Å². The van der Waals surface area contributed by atoms with E-state index >= 15 is 38.4 Å². The first kappa shape index (κ1) is 107. The van der Waals surface area contributed by atoms with Crippen LogP contribution in [0, 0.1) is 29.6 Å². The summed E-state index contributed by atoms with van der Waals surface area (Å²) < 4.78 is 14.6. The molecule has 24 N–H and O–H groups in total. The predicted octanol–water partition coefficient (Wildman–Crippen LogP) is -6.39. The lowest BCUT2D eigenvalue weighted by atomic mass is 9.96. The van der Waals surface area contributed by atoms with E-state index in [0.717, 1.165) is 25.6 Å². The van der Waals surface area contributed by atoms with Gasteiger partial charge in [-0.25, -0.2) is 4.79 Å². The average Bonchev–Trinajstić information content (AvgIpc) is 1.71. The van der Waals surface area contributed by atoms with E-state index in [-0.39, 0.29) is 25.7 Å². The zero-order valence-electron chi connectivity index (χ0n) is 74.3. The molecule has 4 fully saturated rings. The Morgan fingerprint density at radius 1 is 0.496 bits per heavy atom. The monoisotopic (exact) mass is 1890 g/mol. The number of hydrogen-bond donors (Lipinski definition) is 23. The van der Waals surface area contributed by atoms with E-state index in [1.54, 1.807) is 65.1 Å². The first-order chi connectivity index (χ1) is 60.6. The number of carbonyl (C=O) groups is 20. The molecule has 1 aromatic carbocycles. The molecule has 22 atom stereocenters. The van der Waals surface area contributed by atoms with Crippen LogP contribution in [-0.4, -0.2) is 310 Å². The van der Waals surface area contributed by atoms with Crippen molar-refractivity contribution in [1.82, 2.24) is 101 Å². The van der Waals surface area contributed by atoms with Gasteiger partial charge >= 0.3 is 11.9 Å². The average molecular weight is 1890 g/mol. The lowest BCUT2D eigenvalue weighted by molar-refractivity contribution is -0.141. The zero-order valence-corrected chi connectivity index (χ0v) is 77.6. The molecule has 0 saturated carbocycles. The number of thioether (sulfide) groups is 3. The Labute approximate surface area is 761 Å². The Morgan fingerprint density at radius 2 is 1.00 bits per heavy atom. The van der Waals surface area contributed by atoms with Crippen LogP contribution < -0.4 is 101 Å². The highest BCUT2D eigenvalue weighted by Gasteiger charge is 2.45. The molecule has 18 amide bonds. The molecular formula is C81H124N20O24S4. The van der Waals surface area contributed by atoms with Crippen molar-refractivity contribution in [2.45, 2.75) is 254 Å². The van der Waals surface area contributed by atoms with Crippen molar-refractivity contribution < 1.29 is 115 Å². The molecule has 0 radical (unpaired) electrons. The molecule has 2 aromatic rings. The second-order valence-electron chi connectivity index (χ2n) is 33.9. The molecule has 48 heteroatoms. The molecule has 5 heterocycles. The van der Waals surface area contributed by atoms with Crippen LogP contribution in [0.5, 0.6) is 0 Å². The number of hydrogen-bond acceptors (Lipinski definition) is 26. The second-order valence-corrected chi connectivity index (χ2v) is 39.6. The van der Waals surface area contributed by atoms with Crippen LogP contribution in [-0.2, 0) is 113 Å². The molecule has 129 heavy (non-hydrogen) atoms. The number of H-pyrrole nitrogens is 1. The summed E-state index contributed by atoms with van der Waals surface area (Å²) in [4.78, 5) is 296. The minimum Gasteiger partial charge on any atom is -0.481 e. The molecule has 0 spiro atoms. The SMILES string of the molecule is CCC(C)[C@@H]1NC(=O)[C@@H]2NC(=O)C(CC(C)C)NC(=O)[C@@H](NC(=O)[C@@H]3CSC[C@@H](N)C(=O)N[C@@H](CO)C(=O)NCC(=O)NC(Cc4c[nH]c5ccccc45)C(=O)N[C@@H](C(C)C)C(=O)N3)[C@H](C)SC[C@@H](NC(=O)[C@H](CCC(=O)O)NC1=O)C(=O)NCC(=O)N[C@@H]1C(=O)N[C@@H](CC(C)C)C(=O)N[C@@H](C(C)C)C(=O)N[C@@H](CS[C@H]2C)C(=O)N[C@@H](C)C(=O)NC(C(=O)O)CS(=O)[C@H]1C. The molecule has 5 unspecified atom stereocenters. The molecular weight excluding hydrogens is 1770 g/mol. The summed E-state index contributed by atoms with van der Waals surface area (Å²) in [6, 6.07) is -23.2. The number of fused-ring (bicyclic) bond motifs is 19. The van der Waals surface area contributed by atoms with Crippen molar-refractivity contribution in [3.05, 3.63) is 36.0 Å². The number of nitrogens with one attached hydrogen (secondary N) is 19. The third-order valence-corrected chi connectivity index (χ3v) is 27.4. The molecule has 716 valence electrons. The Kier molecular flexibility index (Phi) is 41.9. The van der Waals surface area contributed by atoms with Gasteiger partial charge in [0.1, 0.15) is 96.7 Å². The van der Waals surface area contributed by atoms with E-state index in [2.05, 4.69) is 101 Å². The highest BCUT2D eigenvalue weighted by Crippen LogP contribution is 2.25. The molecule has 4 bridgehead atoms. The summed E-state index contributed by atoms with van der Waals surface area (Å²) in [7, 11) is -2.60. The number of aliphatic carboxylic acids is 2. The highest BCUT2D eigenvalue weighted by molar-refractivity contribution is 8.00. The van der Waals surface area contributed by atoms with Gasteiger partial charge in [0, 0.05) is 74.3 Å². The summed E-state index contributed by atoms with van der Waals surface area (Å²) in [5.41, 5.74) is 7.53. The van der Waals surface area contributed by atoms with Crippen molar-refractivity contribution >= 4 is 175 Å². The van der Waals surface area contributed by atoms with E-state index in [1.165, 1.54) is 48.5 Å². The van der Waals surface area contributed by atoms with Gasteiger partial charge in [-0.3, -0.25) is 95.3 Å². The summed E-state index contributed by atoms with van der Waals surface area (Å²) in [6.45, 7) is 17.9. The van der Waals surface area contributed by atoms with Crippen LogP contribution >= 0.6 is 35.3 Å². The first-order valence-corrected chi connectivity index (χ1v) is 47.2. The topological polar surface area (TPSA) is 678 Å². The van der Waals surface area contributed by atoms with Crippen molar-refractivity contribution in [3.8, 4) is 0 Å². The van der Waals surface area contributed by atoms with E-state index < -0.39 is 338 Å². The van der Waals surface area contributed by atoms with E-state index in [4.69, 9.17) is 5.73 Å². The van der Waals surface area contributed by atoms with Crippen LogP contribution in [0.15, 0.2) is 30.5 Å². The van der Waals surface area contributed by atoms with Gasteiger partial charge in [-0.2, -0.15) is 35.3 Å². The second kappa shape index (κ2) is 50.5. The number of benzene rings is 1. The molecule has 4 aliphatic rings. The fraction of sp³-hybridized carbons (Fsp3) is 0.654. The molecule has 44 nitrogen and oxygen atoms in total. The predicted molar refractivity (Wildman–Crippen MR) is 476 cm³/mol. The molecule has 1 aromatic heterocycles. The molecule has 4 saturated heterocycles. The van der Waals surface area contributed by atoms with Crippen molar-refractivity contribution in [2.75, 3.05) is 48.5 Å². The number of carboxylic acid groups (broad SMARTS) is 2. The minimum absolute atomic E-state index is 0.0969. The molecule has 0 aliphatic carbocycles. The number of aliphatic hydroxyl groups is 1. The normalized spacial score (nSPS) is 30.2. The van der Waals surface area contributed by atoms with Crippen LogP contribution in [0.1, 0.15) is 135 Å². The number of carboxylic acids is 2. The Balaban J connectivity index is 1.61. The fourth-order valence-corrected chi connectivity index (χ4v) is 18.5. The van der Waals surface area contributed by atoms with E-state index in [9.17, 15) is 77.1 Å². The van der Waals surface area contributed by atoms with Crippen LogP contribution in [0.25, 0.3) is 10.9 Å². The lowest BCUT2D eigenvalue weighted by Crippen LogP contribution is -2.63. The maximum atomic E-state index is 15.9. The van der Waals surface area contributed by atoms with Crippen LogP contribution in [0.3, 0.4) is 0 Å². The number of amides is 18.